The number of primary amides is 1. The summed E-state index contributed by atoms with van der Waals surface area (Å²) < 4.78 is 47.5. The Balaban J connectivity index is 1.74. The highest BCUT2D eigenvalue weighted by Crippen LogP contribution is 2.39. The van der Waals surface area contributed by atoms with E-state index in [4.69, 9.17) is 10.5 Å². The van der Waals surface area contributed by atoms with Crippen LogP contribution in [0.3, 0.4) is 0 Å². The zero-order valence-corrected chi connectivity index (χ0v) is 16.9. The fourth-order valence-electron chi connectivity index (χ4n) is 3.28. The molecular formula is C21H16F3N3O3S. The predicted molar refractivity (Wildman–Crippen MR) is 110 cm³/mol. The quantitative estimate of drug-likeness (QED) is 0.448. The first-order valence-corrected chi connectivity index (χ1v) is 9.89. The second-order valence-electron chi connectivity index (χ2n) is 6.77. The van der Waals surface area contributed by atoms with Gasteiger partial charge in [0.15, 0.2) is 0 Å². The van der Waals surface area contributed by atoms with E-state index in [1.807, 2.05) is 0 Å². The maximum atomic E-state index is 13.4. The Morgan fingerprint density at radius 1 is 1.23 bits per heavy atom. The number of aromatic nitrogens is 2. The summed E-state index contributed by atoms with van der Waals surface area (Å²) in [5.41, 5.74) is 5.80. The average molecular weight is 447 g/mol. The van der Waals surface area contributed by atoms with Crippen molar-refractivity contribution in [2.75, 3.05) is 0 Å². The molecule has 1 amide bonds. The van der Waals surface area contributed by atoms with E-state index in [0.29, 0.717) is 16.0 Å². The molecule has 1 atom stereocenters. The van der Waals surface area contributed by atoms with Crippen molar-refractivity contribution in [3.63, 3.8) is 0 Å². The minimum Gasteiger partial charge on any atom is -0.508 e. The molecule has 4 aromatic rings. The van der Waals surface area contributed by atoms with Crippen LogP contribution in [0.1, 0.15) is 33.8 Å². The summed E-state index contributed by atoms with van der Waals surface area (Å²) in [6.07, 6.45) is -4.03. The normalized spacial score (nSPS) is 12.8. The van der Waals surface area contributed by atoms with Crippen molar-refractivity contribution in [2.24, 2.45) is 5.73 Å². The number of hydrogen-bond acceptors (Lipinski definition) is 5. The molecule has 0 fully saturated rings. The van der Waals surface area contributed by atoms with Gasteiger partial charge in [-0.2, -0.15) is 13.2 Å². The molecule has 2 heterocycles. The van der Waals surface area contributed by atoms with Crippen molar-refractivity contribution in [1.82, 2.24) is 9.55 Å². The summed E-state index contributed by atoms with van der Waals surface area (Å²) in [6.45, 7) is 1.47. The number of thiophene rings is 1. The molecule has 0 spiro atoms. The van der Waals surface area contributed by atoms with Crippen LogP contribution in [-0.2, 0) is 6.18 Å². The molecule has 0 aliphatic carbocycles. The first kappa shape index (κ1) is 20.7. The highest BCUT2D eigenvalue weighted by atomic mass is 32.1. The van der Waals surface area contributed by atoms with Gasteiger partial charge >= 0.3 is 6.18 Å². The van der Waals surface area contributed by atoms with Crippen molar-refractivity contribution in [1.29, 1.82) is 0 Å². The van der Waals surface area contributed by atoms with Gasteiger partial charge in [0.05, 0.1) is 16.6 Å². The van der Waals surface area contributed by atoms with Gasteiger partial charge in [0.25, 0.3) is 5.91 Å². The van der Waals surface area contributed by atoms with Gasteiger partial charge in [-0.25, -0.2) is 4.98 Å². The number of phenolic OH excluding ortho intramolecular Hbond substituents is 1. The standard InChI is InChI=1S/C21H16F3N3O3S/c1-11(13-4-2-3-5-14(13)21(22,23)24)30-17-9-18(31-19(17)20(25)29)27-10-26-15-7-6-12(28)8-16(15)27/h2-11,28H,1H3,(H2,25,29)/t11-/m1/s1. The van der Waals surface area contributed by atoms with E-state index in [1.165, 1.54) is 49.6 Å². The Hall–Kier alpha value is -3.53. The SMILES string of the molecule is C[C@@H](Oc1cc(-n2cnc3ccc(O)cc32)sc1C(N)=O)c1ccccc1C(F)(F)F. The third-order valence-corrected chi connectivity index (χ3v) is 5.82. The minimum atomic E-state index is -4.54. The number of amides is 1. The summed E-state index contributed by atoms with van der Waals surface area (Å²) in [4.78, 5) is 16.3. The van der Waals surface area contributed by atoms with E-state index >= 15 is 0 Å². The van der Waals surface area contributed by atoms with Crippen LogP contribution in [0.4, 0.5) is 13.2 Å². The van der Waals surface area contributed by atoms with Gasteiger partial charge in [-0.1, -0.05) is 18.2 Å². The highest BCUT2D eigenvalue weighted by molar-refractivity contribution is 7.16. The molecule has 0 bridgehead atoms. The number of carbonyl (C=O) groups excluding carboxylic acids is 1. The predicted octanol–water partition coefficient (Wildman–Crippen LogP) is 5.05. The van der Waals surface area contributed by atoms with Crippen LogP contribution in [0.2, 0.25) is 0 Å². The number of ether oxygens (including phenoxy) is 1. The zero-order valence-electron chi connectivity index (χ0n) is 16.1. The average Bonchev–Trinajstić information content (AvgIpc) is 3.31. The lowest BCUT2D eigenvalue weighted by molar-refractivity contribution is -0.138. The van der Waals surface area contributed by atoms with Crippen LogP contribution in [0, 0.1) is 0 Å². The Bertz CT molecular complexity index is 1280. The van der Waals surface area contributed by atoms with Gasteiger partial charge in [-0.15, -0.1) is 11.3 Å². The summed E-state index contributed by atoms with van der Waals surface area (Å²) >= 11 is 1.01. The number of nitrogens with two attached hydrogens (primary N) is 1. The van der Waals surface area contributed by atoms with E-state index in [1.54, 1.807) is 10.6 Å². The number of alkyl halides is 3. The van der Waals surface area contributed by atoms with Crippen LogP contribution in [0.25, 0.3) is 16.0 Å². The first-order valence-electron chi connectivity index (χ1n) is 9.08. The van der Waals surface area contributed by atoms with E-state index in [0.717, 1.165) is 17.4 Å². The van der Waals surface area contributed by atoms with Crippen LogP contribution in [0.15, 0.2) is 54.9 Å². The van der Waals surface area contributed by atoms with E-state index in [-0.39, 0.29) is 21.9 Å². The van der Waals surface area contributed by atoms with Crippen LogP contribution in [-0.4, -0.2) is 20.6 Å². The van der Waals surface area contributed by atoms with E-state index in [9.17, 15) is 23.1 Å². The lowest BCUT2D eigenvalue weighted by Crippen LogP contribution is -2.15. The largest absolute Gasteiger partial charge is 0.508 e. The molecule has 3 N–H and O–H groups in total. The molecule has 2 aromatic carbocycles. The molecule has 0 saturated carbocycles. The third kappa shape index (κ3) is 3.93. The molecule has 0 saturated heterocycles. The number of aromatic hydroxyl groups is 1. The fourth-order valence-corrected chi connectivity index (χ4v) is 4.20. The second kappa shape index (κ2) is 7.62. The molecule has 31 heavy (non-hydrogen) atoms. The van der Waals surface area contributed by atoms with Crippen molar-refractivity contribution >= 4 is 28.3 Å². The summed E-state index contributed by atoms with van der Waals surface area (Å²) in [6, 6.07) is 11.3. The van der Waals surface area contributed by atoms with E-state index < -0.39 is 23.8 Å². The second-order valence-corrected chi connectivity index (χ2v) is 7.81. The molecule has 160 valence electrons. The summed E-state index contributed by atoms with van der Waals surface area (Å²) in [5.74, 6) is -0.663. The Morgan fingerprint density at radius 2 is 1.97 bits per heavy atom. The number of hydrogen-bond donors (Lipinski definition) is 2. The van der Waals surface area contributed by atoms with Crippen molar-refractivity contribution < 1.29 is 27.8 Å². The van der Waals surface area contributed by atoms with Gasteiger partial charge < -0.3 is 15.6 Å². The monoisotopic (exact) mass is 447 g/mol. The maximum absolute atomic E-state index is 13.4. The number of fused-ring (bicyclic) bond motifs is 1. The zero-order chi connectivity index (χ0) is 22.3. The molecular weight excluding hydrogens is 431 g/mol. The Morgan fingerprint density at radius 3 is 2.68 bits per heavy atom. The molecule has 0 radical (unpaired) electrons. The fraction of sp³-hybridized carbons (Fsp3) is 0.143. The maximum Gasteiger partial charge on any atom is 0.416 e. The van der Waals surface area contributed by atoms with Crippen molar-refractivity contribution in [3.8, 4) is 16.5 Å². The van der Waals surface area contributed by atoms with Gasteiger partial charge in [0.2, 0.25) is 0 Å². The topological polar surface area (TPSA) is 90.4 Å². The Labute approximate surface area is 178 Å². The van der Waals surface area contributed by atoms with Crippen LogP contribution < -0.4 is 10.5 Å². The number of imidazole rings is 1. The lowest BCUT2D eigenvalue weighted by atomic mass is 10.0. The Kier molecular flexibility index (Phi) is 5.10. The number of halogens is 3. The van der Waals surface area contributed by atoms with Crippen molar-refractivity contribution in [3.05, 3.63) is 70.9 Å². The van der Waals surface area contributed by atoms with Crippen LogP contribution in [0.5, 0.6) is 11.5 Å². The van der Waals surface area contributed by atoms with Gasteiger partial charge in [0.1, 0.15) is 33.8 Å². The third-order valence-electron chi connectivity index (χ3n) is 4.68. The van der Waals surface area contributed by atoms with Gasteiger partial charge in [-0.3, -0.25) is 9.36 Å². The van der Waals surface area contributed by atoms with Crippen molar-refractivity contribution in [2.45, 2.75) is 19.2 Å². The molecule has 0 aliphatic rings. The number of carbonyl (C=O) groups is 1. The number of benzene rings is 2. The number of nitrogens with zero attached hydrogens (tertiary/aromatic N) is 2. The lowest BCUT2D eigenvalue weighted by Gasteiger charge is -2.19. The summed E-state index contributed by atoms with van der Waals surface area (Å²) in [5, 5.41) is 10.3. The molecule has 0 aliphatic heterocycles. The van der Waals surface area contributed by atoms with Gasteiger partial charge in [0, 0.05) is 17.7 Å². The minimum absolute atomic E-state index is 0.0368. The number of phenols is 1. The smallest absolute Gasteiger partial charge is 0.416 e. The summed E-state index contributed by atoms with van der Waals surface area (Å²) in [7, 11) is 0. The van der Waals surface area contributed by atoms with E-state index in [2.05, 4.69) is 4.98 Å². The molecule has 2 aromatic heterocycles. The molecule has 10 heteroatoms. The highest BCUT2D eigenvalue weighted by Gasteiger charge is 2.35. The first-order chi connectivity index (χ1) is 14.6. The van der Waals surface area contributed by atoms with Crippen LogP contribution >= 0.6 is 11.3 Å². The molecule has 6 nitrogen and oxygen atoms in total. The molecule has 4 rings (SSSR count). The van der Waals surface area contributed by atoms with Gasteiger partial charge in [-0.05, 0) is 25.1 Å². The molecule has 0 unspecified atom stereocenters. The number of rotatable bonds is 5.